The van der Waals surface area contributed by atoms with Gasteiger partial charge in [-0.1, -0.05) is 48.1 Å². The minimum atomic E-state index is -0.554. The van der Waals surface area contributed by atoms with E-state index in [1.54, 1.807) is 23.1 Å². The van der Waals surface area contributed by atoms with Gasteiger partial charge in [0, 0.05) is 34.2 Å². The molecule has 0 bridgehead atoms. The summed E-state index contributed by atoms with van der Waals surface area (Å²) in [6.07, 6.45) is 2.64. The van der Waals surface area contributed by atoms with Gasteiger partial charge in [0.25, 0.3) is 11.8 Å². The molecule has 1 atom stereocenters. The van der Waals surface area contributed by atoms with Gasteiger partial charge in [-0.15, -0.1) is 0 Å². The monoisotopic (exact) mass is 552 g/mol. The van der Waals surface area contributed by atoms with Crippen LogP contribution in [0.5, 0.6) is 0 Å². The Morgan fingerprint density at radius 1 is 1.13 bits per heavy atom. The largest absolute Gasteiger partial charge is 0.442 e. The van der Waals surface area contributed by atoms with Gasteiger partial charge in [0.05, 0.1) is 36.6 Å². The van der Waals surface area contributed by atoms with Crippen LogP contribution < -0.4 is 20.4 Å². The molecule has 0 aromatic heterocycles. The van der Waals surface area contributed by atoms with Crippen LogP contribution >= 0.6 is 23.8 Å². The molecular weight excluding hydrogens is 528 g/mol. The van der Waals surface area contributed by atoms with Crippen LogP contribution in [0, 0.1) is 0 Å². The Bertz CT molecular complexity index is 1350. The molecule has 2 N–H and O–H groups in total. The van der Waals surface area contributed by atoms with Crippen molar-refractivity contribution >= 4 is 69.3 Å². The highest BCUT2D eigenvalue weighted by Crippen LogP contribution is 2.35. The number of benzene rings is 2. The number of morpholine rings is 1. The summed E-state index contributed by atoms with van der Waals surface area (Å²) in [5, 5.41) is 6.61. The van der Waals surface area contributed by atoms with Gasteiger partial charge in [0.1, 0.15) is 12.7 Å². The van der Waals surface area contributed by atoms with E-state index in [2.05, 4.69) is 10.6 Å². The molecule has 2 fully saturated rings. The number of thiocarbonyl (C=S) groups is 1. The van der Waals surface area contributed by atoms with Gasteiger partial charge >= 0.3 is 6.09 Å². The van der Waals surface area contributed by atoms with Crippen LogP contribution in [0.3, 0.4) is 0 Å². The number of halogens is 1. The van der Waals surface area contributed by atoms with Crippen LogP contribution in [0.2, 0.25) is 0 Å². The van der Waals surface area contributed by atoms with Crippen molar-refractivity contribution < 1.29 is 23.9 Å². The number of anilines is 4. The third kappa shape index (κ3) is 5.72. The van der Waals surface area contributed by atoms with Crippen LogP contribution in [-0.4, -0.2) is 61.7 Å². The molecule has 0 radical (unpaired) electrons. The number of nitrogens with zero attached hydrogens (tertiary/aromatic N) is 2. The maximum Gasteiger partial charge on any atom is 0.414 e. The zero-order valence-electron chi connectivity index (χ0n) is 20.3. The highest BCUT2D eigenvalue weighted by atomic mass is 35.5. The second-order valence-corrected chi connectivity index (χ2v) is 9.82. The quantitative estimate of drug-likeness (QED) is 0.500. The maximum atomic E-state index is 12.8. The zero-order chi connectivity index (χ0) is 26.6. The lowest BCUT2D eigenvalue weighted by atomic mass is 10.0. The number of carbonyl (C=O) groups excluding carboxylic acids is 3. The number of carbonyl (C=O) groups is 3. The molecule has 3 amide bonds. The van der Waals surface area contributed by atoms with Crippen molar-refractivity contribution in [2.24, 2.45) is 0 Å². The third-order valence-electron chi connectivity index (χ3n) is 6.30. The van der Waals surface area contributed by atoms with Crippen molar-refractivity contribution in [1.29, 1.82) is 0 Å². The molecule has 1 aliphatic carbocycles. The van der Waals surface area contributed by atoms with Gasteiger partial charge in [0.2, 0.25) is 0 Å². The van der Waals surface area contributed by atoms with E-state index in [9.17, 15) is 14.4 Å². The number of rotatable bonds is 7. The smallest absolute Gasteiger partial charge is 0.414 e. The van der Waals surface area contributed by atoms with Gasteiger partial charge < -0.3 is 25.0 Å². The number of hydrogen-bond acceptors (Lipinski definition) is 7. The highest BCUT2D eigenvalue weighted by Gasteiger charge is 2.34. The average molecular weight is 553 g/mol. The number of hydrogen-bond donors (Lipinski definition) is 2. The fourth-order valence-corrected chi connectivity index (χ4v) is 4.81. The van der Waals surface area contributed by atoms with Gasteiger partial charge in [-0.2, -0.15) is 0 Å². The number of cyclic esters (lactones) is 1. The van der Waals surface area contributed by atoms with Crippen LogP contribution in [0.1, 0.15) is 6.42 Å². The van der Waals surface area contributed by atoms with Crippen LogP contribution in [0.4, 0.5) is 27.5 Å². The third-order valence-corrected chi connectivity index (χ3v) is 6.95. The Balaban J connectivity index is 1.32. The Kier molecular flexibility index (Phi) is 7.73. The Morgan fingerprint density at radius 3 is 2.74 bits per heavy atom. The van der Waals surface area contributed by atoms with E-state index in [0.29, 0.717) is 52.1 Å². The van der Waals surface area contributed by atoms with Crippen molar-refractivity contribution in [2.45, 2.75) is 12.5 Å². The summed E-state index contributed by atoms with van der Waals surface area (Å²) < 4.78 is 10.8. The number of nitrogens with one attached hydrogen (secondary N) is 2. The van der Waals surface area contributed by atoms with E-state index >= 15 is 0 Å². The molecule has 0 saturated carbocycles. The van der Waals surface area contributed by atoms with Gasteiger partial charge in [-0.05, 0) is 36.4 Å². The van der Waals surface area contributed by atoms with Gasteiger partial charge in [-0.3, -0.25) is 14.5 Å². The number of ether oxygens (including phenoxy) is 2. The molecule has 2 aliphatic heterocycles. The van der Waals surface area contributed by atoms with Crippen molar-refractivity contribution in [3.05, 3.63) is 71.3 Å². The summed E-state index contributed by atoms with van der Waals surface area (Å²) in [4.78, 5) is 41.6. The van der Waals surface area contributed by atoms with E-state index in [1.807, 2.05) is 36.4 Å². The lowest BCUT2D eigenvalue weighted by Gasteiger charge is -2.29. The molecule has 196 valence electrons. The normalized spacial score (nSPS) is 19.6. The predicted octanol–water partition coefficient (Wildman–Crippen LogP) is 4.06. The van der Waals surface area contributed by atoms with E-state index in [4.69, 9.17) is 33.3 Å². The van der Waals surface area contributed by atoms with Gasteiger partial charge in [0.15, 0.2) is 0 Å². The second kappa shape index (κ2) is 11.3. The number of amides is 3. The molecule has 3 aliphatic rings. The molecule has 0 spiro atoms. The summed E-state index contributed by atoms with van der Waals surface area (Å²) in [5.74, 6) is -0.495. The Morgan fingerprint density at radius 2 is 1.95 bits per heavy atom. The average Bonchev–Trinajstić information content (AvgIpc) is 3.30. The summed E-state index contributed by atoms with van der Waals surface area (Å²) in [7, 11) is 0. The first kappa shape index (κ1) is 25.9. The molecule has 1 unspecified atom stereocenters. The maximum absolute atomic E-state index is 12.8. The first-order valence-corrected chi connectivity index (χ1v) is 12.9. The minimum absolute atomic E-state index is 0.0164. The lowest BCUT2D eigenvalue weighted by Crippen LogP contribution is -2.42. The van der Waals surface area contributed by atoms with Crippen molar-refractivity contribution in [2.75, 3.05) is 48.0 Å². The molecule has 2 aromatic carbocycles. The molecule has 2 heterocycles. The highest BCUT2D eigenvalue weighted by molar-refractivity contribution is 7.81. The molecule has 2 aromatic rings. The Labute approximate surface area is 230 Å². The van der Waals surface area contributed by atoms with Crippen LogP contribution in [0.15, 0.2) is 71.3 Å². The van der Waals surface area contributed by atoms with Crippen molar-refractivity contribution in [1.82, 2.24) is 5.32 Å². The zero-order valence-corrected chi connectivity index (χ0v) is 21.9. The van der Waals surface area contributed by atoms with Crippen LogP contribution in [0.25, 0.3) is 0 Å². The van der Waals surface area contributed by atoms with E-state index in [-0.39, 0.29) is 31.5 Å². The molecule has 2 saturated heterocycles. The SMILES string of the molecule is O=C(NCC1CN(c2ccc(N3CCOCC3=O)c(Nc3ccccc3)c2)C(=O)O1)C1=CC(Cl)=CCC1=S. The second-order valence-electron chi connectivity index (χ2n) is 8.89. The number of allylic oxidation sites excluding steroid dienone is 3. The first-order valence-electron chi connectivity index (χ1n) is 12.1. The van der Waals surface area contributed by atoms with E-state index in [1.165, 1.54) is 11.0 Å². The molecule has 5 rings (SSSR count). The summed E-state index contributed by atoms with van der Waals surface area (Å²) in [5.41, 5.74) is 3.13. The van der Waals surface area contributed by atoms with E-state index < -0.39 is 12.2 Å². The standard InChI is InChI=1S/C27H25ClN4O5S/c28-17-6-9-24(38)21(12-17)26(34)29-14-20-15-32(27(35)37-20)19-7-8-23(31-10-11-36-16-25(31)33)22(13-19)30-18-4-2-1-3-5-18/h1-8,12-13,20,30H,9-11,14-16H2,(H,29,34). The number of para-hydroxylation sites is 1. The fraction of sp³-hybridized carbons (Fsp3) is 0.259. The summed E-state index contributed by atoms with van der Waals surface area (Å²) in [6, 6.07) is 14.9. The lowest BCUT2D eigenvalue weighted by molar-refractivity contribution is -0.125. The Hall–Kier alpha value is -3.73. The van der Waals surface area contributed by atoms with Crippen LogP contribution in [-0.2, 0) is 19.1 Å². The minimum Gasteiger partial charge on any atom is -0.442 e. The molecule has 11 heteroatoms. The summed E-state index contributed by atoms with van der Waals surface area (Å²) in [6.45, 7) is 1.24. The predicted molar refractivity (Wildman–Crippen MR) is 149 cm³/mol. The molecule has 38 heavy (non-hydrogen) atoms. The first-order chi connectivity index (χ1) is 18.4. The van der Waals surface area contributed by atoms with Gasteiger partial charge in [-0.25, -0.2) is 4.79 Å². The molecular formula is C27H25ClN4O5S. The van der Waals surface area contributed by atoms with Crippen molar-refractivity contribution in [3.63, 3.8) is 0 Å². The topological polar surface area (TPSA) is 100 Å². The fourth-order valence-electron chi connectivity index (χ4n) is 4.39. The molecule has 9 nitrogen and oxygen atoms in total. The van der Waals surface area contributed by atoms with Crippen molar-refractivity contribution in [3.8, 4) is 0 Å². The summed E-state index contributed by atoms with van der Waals surface area (Å²) >= 11 is 11.3. The van der Waals surface area contributed by atoms with E-state index in [0.717, 1.165) is 5.69 Å².